The molecular weight excluding hydrogens is 648 g/mol. The maximum absolute atomic E-state index is 14.5. The zero-order valence-corrected chi connectivity index (χ0v) is 28.1. The Morgan fingerprint density at radius 3 is 2.04 bits per heavy atom. The van der Waals surface area contributed by atoms with Gasteiger partial charge in [0.2, 0.25) is 11.8 Å². The second-order valence-corrected chi connectivity index (χ2v) is 14.2. The lowest BCUT2D eigenvalue weighted by molar-refractivity contribution is -0.140. The van der Waals surface area contributed by atoms with Crippen LogP contribution in [0.5, 0.6) is 0 Å². The number of sulfonamides is 1. The van der Waals surface area contributed by atoms with Crippen molar-refractivity contribution in [2.24, 2.45) is 5.92 Å². The Morgan fingerprint density at radius 2 is 1.46 bits per heavy atom. The highest BCUT2D eigenvalue weighted by molar-refractivity contribution is 7.92. The van der Waals surface area contributed by atoms with Crippen LogP contribution < -0.4 is 9.62 Å². The van der Waals surface area contributed by atoms with Crippen molar-refractivity contribution in [3.05, 3.63) is 130 Å². The van der Waals surface area contributed by atoms with E-state index in [1.165, 1.54) is 59.5 Å². The molecule has 0 bridgehead atoms. The van der Waals surface area contributed by atoms with Crippen LogP contribution in [0.1, 0.15) is 30.5 Å². The first-order valence-corrected chi connectivity index (χ1v) is 16.9. The van der Waals surface area contributed by atoms with E-state index in [0.29, 0.717) is 12.1 Å². The predicted molar refractivity (Wildman–Crippen MR) is 181 cm³/mol. The van der Waals surface area contributed by atoms with Crippen LogP contribution in [-0.2, 0) is 32.6 Å². The Kier molecular flexibility index (Phi) is 11.8. The van der Waals surface area contributed by atoms with Gasteiger partial charge in [0.25, 0.3) is 10.0 Å². The minimum Gasteiger partial charge on any atom is -0.354 e. The molecule has 0 saturated heterocycles. The number of hydrogen-bond donors (Lipinski definition) is 1. The molecule has 7 nitrogen and oxygen atoms in total. The maximum atomic E-state index is 14.5. The number of rotatable bonds is 13. The Morgan fingerprint density at radius 1 is 0.848 bits per heavy atom. The first-order chi connectivity index (χ1) is 21.8. The predicted octanol–water partition coefficient (Wildman–Crippen LogP) is 7.05. The number of aryl methyl sites for hydroxylation is 1. The van der Waals surface area contributed by atoms with Gasteiger partial charge in [-0.15, -0.1) is 0 Å². The number of nitrogens with zero attached hydrogens (tertiary/aromatic N) is 2. The summed E-state index contributed by atoms with van der Waals surface area (Å²) in [7, 11) is -4.32. The number of carbonyl (C=O) groups is 2. The fraction of sp³-hybridized carbons (Fsp3) is 0.257. The fourth-order valence-electron chi connectivity index (χ4n) is 4.81. The first-order valence-electron chi connectivity index (χ1n) is 14.7. The van der Waals surface area contributed by atoms with Crippen molar-refractivity contribution in [1.82, 2.24) is 10.2 Å². The molecule has 1 N–H and O–H groups in total. The minimum atomic E-state index is -4.32. The lowest BCUT2D eigenvalue weighted by Crippen LogP contribution is -2.53. The Balaban J connectivity index is 1.82. The van der Waals surface area contributed by atoms with Gasteiger partial charge >= 0.3 is 0 Å². The van der Waals surface area contributed by atoms with Crippen LogP contribution in [0.3, 0.4) is 0 Å². The normalized spacial score (nSPS) is 12.1. The zero-order valence-electron chi connectivity index (χ0n) is 25.8. The van der Waals surface area contributed by atoms with Crippen molar-refractivity contribution in [3.8, 4) is 0 Å². The van der Waals surface area contributed by atoms with Gasteiger partial charge in [0.05, 0.1) is 10.6 Å². The van der Waals surface area contributed by atoms with Crippen LogP contribution in [0, 0.1) is 18.7 Å². The number of anilines is 1. The summed E-state index contributed by atoms with van der Waals surface area (Å²) in [6.45, 7) is 5.36. The lowest BCUT2D eigenvalue weighted by Gasteiger charge is -2.34. The fourth-order valence-corrected chi connectivity index (χ4v) is 6.72. The van der Waals surface area contributed by atoms with Crippen molar-refractivity contribution in [1.29, 1.82) is 0 Å². The Hall–Kier alpha value is -3.92. The average molecular weight is 685 g/mol. The van der Waals surface area contributed by atoms with E-state index in [9.17, 15) is 22.4 Å². The summed E-state index contributed by atoms with van der Waals surface area (Å²) in [4.78, 5) is 29.6. The minimum absolute atomic E-state index is 0.0393. The molecule has 11 heteroatoms. The molecule has 46 heavy (non-hydrogen) atoms. The third kappa shape index (κ3) is 9.31. The molecule has 4 rings (SSSR count). The third-order valence-corrected chi connectivity index (χ3v) is 9.47. The van der Waals surface area contributed by atoms with Gasteiger partial charge in [-0.2, -0.15) is 0 Å². The van der Waals surface area contributed by atoms with E-state index in [4.69, 9.17) is 23.2 Å². The highest BCUT2D eigenvalue weighted by Crippen LogP contribution is 2.30. The van der Waals surface area contributed by atoms with Crippen LogP contribution in [0.15, 0.2) is 102 Å². The van der Waals surface area contributed by atoms with Gasteiger partial charge in [-0.25, -0.2) is 12.8 Å². The van der Waals surface area contributed by atoms with Crippen LogP contribution in [0.4, 0.5) is 10.1 Å². The van der Waals surface area contributed by atoms with E-state index in [1.54, 1.807) is 12.1 Å². The molecule has 4 aromatic rings. The van der Waals surface area contributed by atoms with Crippen LogP contribution >= 0.6 is 23.2 Å². The molecule has 0 aliphatic heterocycles. The summed E-state index contributed by atoms with van der Waals surface area (Å²) in [6.07, 6.45) is 0.158. The highest BCUT2D eigenvalue weighted by Gasteiger charge is 2.35. The van der Waals surface area contributed by atoms with Gasteiger partial charge in [0.15, 0.2) is 0 Å². The molecule has 0 fully saturated rings. The molecule has 0 heterocycles. The molecule has 0 saturated carbocycles. The zero-order chi connectivity index (χ0) is 33.4. The van der Waals surface area contributed by atoms with Crippen molar-refractivity contribution < 1.29 is 22.4 Å². The molecule has 2 amide bonds. The first kappa shape index (κ1) is 34.9. The Bertz CT molecular complexity index is 1730. The van der Waals surface area contributed by atoms with Crippen molar-refractivity contribution >= 4 is 50.7 Å². The molecule has 0 radical (unpaired) electrons. The number of hydrogen-bond acceptors (Lipinski definition) is 4. The third-order valence-electron chi connectivity index (χ3n) is 7.24. The molecule has 0 aliphatic carbocycles. The largest absolute Gasteiger partial charge is 0.354 e. The summed E-state index contributed by atoms with van der Waals surface area (Å²) in [6, 6.07) is 24.3. The molecule has 1 atom stereocenters. The van der Waals surface area contributed by atoms with Gasteiger partial charge in [0, 0.05) is 29.6 Å². The standard InChI is InChI=1S/C35H36Cl2FN3O4S/c1-24(2)21-39-35(43)33(17-26-7-5-4-6-8-26)40(22-27-11-13-30(38)14-12-27)34(42)23-41(31-19-28(36)18-29(37)20-31)46(44,45)32-15-9-25(3)10-16-32/h4-16,18-20,24,33H,17,21-23H2,1-3H3,(H,39,43). The number of amides is 2. The molecule has 0 aliphatic rings. The molecule has 4 aromatic carbocycles. The van der Waals surface area contributed by atoms with E-state index >= 15 is 0 Å². The monoisotopic (exact) mass is 683 g/mol. The number of halogens is 3. The number of carbonyl (C=O) groups excluding carboxylic acids is 2. The van der Waals surface area contributed by atoms with E-state index in [0.717, 1.165) is 15.4 Å². The van der Waals surface area contributed by atoms with E-state index < -0.39 is 40.2 Å². The smallest absolute Gasteiger partial charge is 0.264 e. The molecular formula is C35H36Cl2FN3O4S. The van der Waals surface area contributed by atoms with Gasteiger partial charge < -0.3 is 10.2 Å². The van der Waals surface area contributed by atoms with E-state index in [-0.39, 0.29) is 39.5 Å². The Labute approximate surface area is 280 Å². The molecule has 242 valence electrons. The second-order valence-electron chi connectivity index (χ2n) is 11.4. The van der Waals surface area contributed by atoms with Crippen molar-refractivity contribution in [2.45, 2.75) is 44.7 Å². The summed E-state index contributed by atoms with van der Waals surface area (Å²) in [5.41, 5.74) is 2.30. The summed E-state index contributed by atoms with van der Waals surface area (Å²) < 4.78 is 43.1. The second kappa shape index (κ2) is 15.6. The van der Waals surface area contributed by atoms with E-state index in [1.807, 2.05) is 51.1 Å². The number of nitrogens with one attached hydrogen (secondary N) is 1. The number of benzene rings is 4. The van der Waals surface area contributed by atoms with E-state index in [2.05, 4.69) is 5.32 Å². The van der Waals surface area contributed by atoms with Crippen LogP contribution in [-0.4, -0.2) is 44.3 Å². The quantitative estimate of drug-likeness (QED) is 0.164. The van der Waals surface area contributed by atoms with Gasteiger partial charge in [-0.1, -0.05) is 97.2 Å². The highest BCUT2D eigenvalue weighted by atomic mass is 35.5. The van der Waals surface area contributed by atoms with Crippen LogP contribution in [0.2, 0.25) is 10.0 Å². The molecule has 0 spiro atoms. The summed E-state index contributed by atoms with van der Waals surface area (Å²) >= 11 is 12.6. The van der Waals surface area contributed by atoms with Crippen molar-refractivity contribution in [2.75, 3.05) is 17.4 Å². The summed E-state index contributed by atoms with van der Waals surface area (Å²) in [5.74, 6) is -1.36. The maximum Gasteiger partial charge on any atom is 0.264 e. The lowest BCUT2D eigenvalue weighted by atomic mass is 10.0. The van der Waals surface area contributed by atoms with Gasteiger partial charge in [-0.05, 0) is 66.4 Å². The average Bonchev–Trinajstić information content (AvgIpc) is 3.01. The summed E-state index contributed by atoms with van der Waals surface area (Å²) in [5, 5.41) is 3.29. The molecule has 1 unspecified atom stereocenters. The van der Waals surface area contributed by atoms with Crippen molar-refractivity contribution in [3.63, 3.8) is 0 Å². The van der Waals surface area contributed by atoms with Crippen LogP contribution in [0.25, 0.3) is 0 Å². The van der Waals surface area contributed by atoms with Gasteiger partial charge in [-0.3, -0.25) is 13.9 Å². The van der Waals surface area contributed by atoms with Gasteiger partial charge in [0.1, 0.15) is 18.4 Å². The SMILES string of the molecule is Cc1ccc(S(=O)(=O)N(CC(=O)N(Cc2ccc(F)cc2)C(Cc2ccccc2)C(=O)NCC(C)C)c2cc(Cl)cc(Cl)c2)cc1. The molecule has 0 aromatic heterocycles. The topological polar surface area (TPSA) is 86.8 Å².